The second kappa shape index (κ2) is 3.01. The minimum atomic E-state index is 0.115. The Kier molecular flexibility index (Phi) is 2.36. The fraction of sp³-hybridized carbons (Fsp3) is 0.400. The molecule has 0 aliphatic carbocycles. The van der Waals surface area contributed by atoms with Crippen molar-refractivity contribution >= 4 is 26.6 Å². The number of hydrogen-bond acceptors (Lipinski definition) is 0. The molecule has 0 atom stereocenters. The van der Waals surface area contributed by atoms with Crippen LogP contribution in [-0.4, -0.2) is 15.7 Å². The molecule has 58 valence electrons. The first kappa shape index (κ1) is 9.44. The zero-order chi connectivity index (χ0) is 9.35. The van der Waals surface area contributed by atoms with E-state index in [1.807, 2.05) is 12.1 Å². The van der Waals surface area contributed by atoms with E-state index in [-0.39, 0.29) is 5.41 Å². The second-order valence-electron chi connectivity index (χ2n) is 4.14. The van der Waals surface area contributed by atoms with Crippen molar-refractivity contribution in [3.05, 3.63) is 23.8 Å². The molecule has 0 heterocycles. The molecular formula is C10H12B2. The summed E-state index contributed by atoms with van der Waals surface area (Å²) >= 11 is 0. The molecule has 0 spiro atoms. The van der Waals surface area contributed by atoms with Gasteiger partial charge < -0.3 is 0 Å². The van der Waals surface area contributed by atoms with Gasteiger partial charge in [0.2, 0.25) is 0 Å². The smallest absolute Gasteiger partial charge is 0.0970 e. The average Bonchev–Trinajstić information content (AvgIpc) is 1.82. The summed E-state index contributed by atoms with van der Waals surface area (Å²) in [4.78, 5) is 0. The van der Waals surface area contributed by atoms with Crippen LogP contribution in [0.2, 0.25) is 0 Å². The van der Waals surface area contributed by atoms with Gasteiger partial charge in [-0.2, -0.15) is 0 Å². The molecule has 0 aromatic heterocycles. The first-order chi connectivity index (χ1) is 5.39. The van der Waals surface area contributed by atoms with Crippen molar-refractivity contribution in [2.45, 2.75) is 26.2 Å². The van der Waals surface area contributed by atoms with Crippen LogP contribution in [0.15, 0.2) is 18.2 Å². The van der Waals surface area contributed by atoms with Crippen LogP contribution >= 0.6 is 0 Å². The van der Waals surface area contributed by atoms with E-state index in [1.54, 1.807) is 6.07 Å². The van der Waals surface area contributed by atoms with Crippen molar-refractivity contribution in [3.63, 3.8) is 0 Å². The largest absolute Gasteiger partial charge is 0.113 e. The Labute approximate surface area is 77.2 Å². The van der Waals surface area contributed by atoms with Crippen LogP contribution in [0.4, 0.5) is 0 Å². The Bertz CT molecular complexity index is 264. The zero-order valence-electron chi connectivity index (χ0n) is 7.89. The van der Waals surface area contributed by atoms with Gasteiger partial charge in [-0.1, -0.05) is 49.9 Å². The molecule has 0 unspecified atom stereocenters. The maximum absolute atomic E-state index is 5.68. The summed E-state index contributed by atoms with van der Waals surface area (Å²) in [7, 11) is 11.4. The van der Waals surface area contributed by atoms with Crippen molar-refractivity contribution in [1.82, 2.24) is 0 Å². The first-order valence-corrected chi connectivity index (χ1v) is 4.06. The van der Waals surface area contributed by atoms with Gasteiger partial charge in [0, 0.05) is 0 Å². The zero-order valence-corrected chi connectivity index (χ0v) is 7.89. The van der Waals surface area contributed by atoms with Crippen LogP contribution in [0.3, 0.4) is 0 Å². The SMILES string of the molecule is [B]c1cc([B])cc(C(C)(C)C)c1. The molecule has 1 aromatic carbocycles. The number of rotatable bonds is 0. The van der Waals surface area contributed by atoms with Gasteiger partial charge in [-0.3, -0.25) is 0 Å². The van der Waals surface area contributed by atoms with Gasteiger partial charge in [0.05, 0.1) is 0 Å². The molecule has 0 fully saturated rings. The summed E-state index contributed by atoms with van der Waals surface area (Å²) in [6.45, 7) is 6.42. The fourth-order valence-corrected chi connectivity index (χ4v) is 1.11. The van der Waals surface area contributed by atoms with E-state index >= 15 is 0 Å². The highest BCUT2D eigenvalue weighted by molar-refractivity contribution is 6.37. The monoisotopic (exact) mass is 154 g/mol. The summed E-state index contributed by atoms with van der Waals surface area (Å²) in [6.07, 6.45) is 0. The van der Waals surface area contributed by atoms with Gasteiger partial charge in [-0.05, 0) is 11.0 Å². The van der Waals surface area contributed by atoms with Gasteiger partial charge in [0.15, 0.2) is 0 Å². The third-order valence-electron chi connectivity index (χ3n) is 1.84. The third kappa shape index (κ3) is 2.17. The van der Waals surface area contributed by atoms with Crippen LogP contribution in [0.5, 0.6) is 0 Å². The maximum atomic E-state index is 5.68. The van der Waals surface area contributed by atoms with Crippen LogP contribution in [0, 0.1) is 0 Å². The summed E-state index contributed by atoms with van der Waals surface area (Å²) in [5, 5.41) is 0. The third-order valence-corrected chi connectivity index (χ3v) is 1.84. The Balaban J connectivity index is 3.18. The molecule has 0 nitrogen and oxygen atoms in total. The van der Waals surface area contributed by atoms with Crippen LogP contribution in [0.25, 0.3) is 0 Å². The Hall–Kier alpha value is -0.650. The van der Waals surface area contributed by atoms with E-state index in [4.69, 9.17) is 15.7 Å². The van der Waals surface area contributed by atoms with E-state index in [0.29, 0.717) is 0 Å². The highest BCUT2D eigenvalue weighted by Crippen LogP contribution is 2.19. The average molecular weight is 154 g/mol. The second-order valence-corrected chi connectivity index (χ2v) is 4.14. The molecule has 0 saturated heterocycles. The molecule has 1 rings (SSSR count). The Morgan fingerprint density at radius 1 is 0.917 bits per heavy atom. The molecule has 0 amide bonds. The summed E-state index contributed by atoms with van der Waals surface area (Å²) in [5.41, 5.74) is 2.77. The fourth-order valence-electron chi connectivity index (χ4n) is 1.11. The topological polar surface area (TPSA) is 0 Å². The van der Waals surface area contributed by atoms with Crippen molar-refractivity contribution in [2.75, 3.05) is 0 Å². The van der Waals surface area contributed by atoms with Crippen molar-refractivity contribution in [1.29, 1.82) is 0 Å². The summed E-state index contributed by atoms with van der Waals surface area (Å²) < 4.78 is 0. The minimum Gasteiger partial charge on any atom is -0.0970 e. The van der Waals surface area contributed by atoms with Crippen molar-refractivity contribution in [2.24, 2.45) is 0 Å². The van der Waals surface area contributed by atoms with Crippen molar-refractivity contribution < 1.29 is 0 Å². The molecule has 2 heteroatoms. The van der Waals surface area contributed by atoms with Crippen molar-refractivity contribution in [3.8, 4) is 0 Å². The standard InChI is InChI=1S/C10H12B2/c1-10(2,3)7-4-8(11)6-9(12)5-7/h4-6H,1-3H3. The predicted molar refractivity (Wildman–Crippen MR) is 55.9 cm³/mol. The molecular weight excluding hydrogens is 142 g/mol. The van der Waals surface area contributed by atoms with Crippen LogP contribution in [-0.2, 0) is 5.41 Å². The number of benzene rings is 1. The molecule has 0 aliphatic rings. The molecule has 0 aliphatic heterocycles. The Morgan fingerprint density at radius 2 is 1.33 bits per heavy atom. The molecule has 0 N–H and O–H groups in total. The molecule has 12 heavy (non-hydrogen) atoms. The summed E-state index contributed by atoms with van der Waals surface area (Å²) in [5.74, 6) is 0. The predicted octanol–water partition coefficient (Wildman–Crippen LogP) is 0.572. The van der Waals surface area contributed by atoms with E-state index in [0.717, 1.165) is 10.9 Å². The van der Waals surface area contributed by atoms with E-state index in [1.165, 1.54) is 5.56 Å². The molecule has 0 bridgehead atoms. The summed E-state index contributed by atoms with van der Waals surface area (Å²) in [6, 6.07) is 5.71. The molecule has 1 aromatic rings. The van der Waals surface area contributed by atoms with Crippen LogP contribution < -0.4 is 10.9 Å². The van der Waals surface area contributed by atoms with Gasteiger partial charge >= 0.3 is 0 Å². The van der Waals surface area contributed by atoms with Gasteiger partial charge in [0.1, 0.15) is 15.7 Å². The number of hydrogen-bond donors (Lipinski definition) is 0. The van der Waals surface area contributed by atoms with E-state index in [2.05, 4.69) is 20.8 Å². The lowest BCUT2D eigenvalue weighted by Gasteiger charge is -2.20. The van der Waals surface area contributed by atoms with Gasteiger partial charge in [-0.15, -0.1) is 0 Å². The lowest BCUT2D eigenvalue weighted by molar-refractivity contribution is 0.591. The van der Waals surface area contributed by atoms with E-state index < -0.39 is 0 Å². The lowest BCUT2D eigenvalue weighted by atomic mass is 9.78. The van der Waals surface area contributed by atoms with Gasteiger partial charge in [-0.25, -0.2) is 0 Å². The minimum absolute atomic E-state index is 0.115. The highest BCUT2D eigenvalue weighted by Gasteiger charge is 2.13. The molecule has 4 radical (unpaired) electrons. The Morgan fingerprint density at radius 3 is 1.67 bits per heavy atom. The first-order valence-electron chi connectivity index (χ1n) is 4.06. The van der Waals surface area contributed by atoms with Gasteiger partial charge in [0.25, 0.3) is 0 Å². The normalized spacial score (nSPS) is 11.6. The van der Waals surface area contributed by atoms with Crippen LogP contribution in [0.1, 0.15) is 26.3 Å². The lowest BCUT2D eigenvalue weighted by Crippen LogP contribution is -2.21. The quantitative estimate of drug-likeness (QED) is 0.479. The maximum Gasteiger partial charge on any atom is 0.113 e. The van der Waals surface area contributed by atoms with E-state index in [9.17, 15) is 0 Å². The molecule has 0 saturated carbocycles. The highest BCUT2D eigenvalue weighted by atomic mass is 14.2.